The van der Waals surface area contributed by atoms with E-state index in [0.29, 0.717) is 5.41 Å². The molecule has 3 aliphatic rings. The van der Waals surface area contributed by atoms with E-state index in [1.165, 1.54) is 17.6 Å². The summed E-state index contributed by atoms with van der Waals surface area (Å²) in [5.41, 5.74) is 1.43. The standard InChI is InChI=1S/C8H14N/c1-7(2,3)8-5-9(8)4-6(8)9/h6H,4-5H2,1-3H3/q+1. The Morgan fingerprint density at radius 1 is 1.44 bits per heavy atom. The summed E-state index contributed by atoms with van der Waals surface area (Å²) in [6, 6.07) is 1.14. The van der Waals surface area contributed by atoms with E-state index in [1.807, 2.05) is 0 Å². The number of rotatable bonds is 0. The van der Waals surface area contributed by atoms with Crippen LogP contribution >= 0.6 is 0 Å². The summed E-state index contributed by atoms with van der Waals surface area (Å²) < 4.78 is 1.54. The molecule has 0 saturated carbocycles. The number of quaternary nitrogens is 1. The van der Waals surface area contributed by atoms with Crippen molar-refractivity contribution < 1.29 is 4.48 Å². The molecular weight excluding hydrogens is 110 g/mol. The van der Waals surface area contributed by atoms with Crippen LogP contribution in [0, 0.1) is 5.41 Å². The molecule has 0 N–H and O–H groups in total. The van der Waals surface area contributed by atoms with Gasteiger partial charge in [-0.3, -0.25) is 4.48 Å². The van der Waals surface area contributed by atoms with Crippen molar-refractivity contribution in [3.63, 3.8) is 0 Å². The van der Waals surface area contributed by atoms with Crippen molar-refractivity contribution in [3.8, 4) is 0 Å². The molecule has 1 heteroatoms. The predicted molar refractivity (Wildman–Crippen MR) is 36.0 cm³/mol. The largest absolute Gasteiger partial charge is 0.285 e. The van der Waals surface area contributed by atoms with E-state index in [-0.39, 0.29) is 0 Å². The summed E-state index contributed by atoms with van der Waals surface area (Å²) >= 11 is 0. The van der Waals surface area contributed by atoms with Crippen molar-refractivity contribution in [3.05, 3.63) is 0 Å². The molecule has 1 spiro atoms. The molecule has 0 amide bonds. The van der Waals surface area contributed by atoms with Crippen molar-refractivity contribution in [2.45, 2.75) is 32.4 Å². The third-order valence-electron chi connectivity index (χ3n) is 3.96. The van der Waals surface area contributed by atoms with Gasteiger partial charge in [-0.15, -0.1) is 0 Å². The van der Waals surface area contributed by atoms with Crippen molar-refractivity contribution in [2.75, 3.05) is 13.1 Å². The van der Waals surface area contributed by atoms with E-state index in [1.54, 1.807) is 0 Å². The van der Waals surface area contributed by atoms with Gasteiger partial charge in [0, 0.05) is 5.41 Å². The average molecular weight is 124 g/mol. The van der Waals surface area contributed by atoms with E-state index < -0.39 is 0 Å². The number of hydrogen-bond acceptors (Lipinski definition) is 0. The molecule has 3 saturated heterocycles. The lowest BCUT2D eigenvalue weighted by atomic mass is 9.80. The summed E-state index contributed by atoms with van der Waals surface area (Å²) in [6.07, 6.45) is 0. The molecule has 3 atom stereocenters. The maximum atomic E-state index is 2.40. The quantitative estimate of drug-likeness (QED) is 0.334. The first-order valence-corrected chi connectivity index (χ1v) is 3.91. The van der Waals surface area contributed by atoms with E-state index in [0.717, 1.165) is 11.6 Å². The van der Waals surface area contributed by atoms with E-state index in [4.69, 9.17) is 0 Å². The van der Waals surface area contributed by atoms with Crippen LogP contribution in [-0.2, 0) is 0 Å². The second kappa shape index (κ2) is 0.731. The fourth-order valence-electron chi connectivity index (χ4n) is 3.10. The van der Waals surface area contributed by atoms with Gasteiger partial charge >= 0.3 is 0 Å². The van der Waals surface area contributed by atoms with Crippen molar-refractivity contribution in [2.24, 2.45) is 5.41 Å². The fraction of sp³-hybridized carbons (Fsp3) is 1.00. The van der Waals surface area contributed by atoms with E-state index >= 15 is 0 Å². The Balaban J connectivity index is 1.98. The summed E-state index contributed by atoms with van der Waals surface area (Å²) in [4.78, 5) is 0. The van der Waals surface area contributed by atoms with Gasteiger partial charge in [0.15, 0.2) is 0 Å². The zero-order chi connectivity index (χ0) is 6.49. The maximum absolute atomic E-state index is 2.40. The second-order valence-corrected chi connectivity index (χ2v) is 5.06. The van der Waals surface area contributed by atoms with Gasteiger partial charge in [0.1, 0.15) is 13.1 Å². The molecule has 0 bridgehead atoms. The van der Waals surface area contributed by atoms with Gasteiger partial charge in [-0.25, -0.2) is 0 Å². The molecule has 0 radical (unpaired) electrons. The SMILES string of the molecule is CC(C)(C)C12C[N+]13CC23. The molecular formula is C8H14N+. The summed E-state index contributed by atoms with van der Waals surface area (Å²) in [6.45, 7) is 10.2. The molecule has 0 aliphatic carbocycles. The molecule has 1 nitrogen and oxygen atoms in total. The highest BCUT2D eigenvalue weighted by Gasteiger charge is 3.11. The Kier molecular flexibility index (Phi) is 0.384. The highest BCUT2D eigenvalue weighted by Crippen LogP contribution is 2.84. The minimum atomic E-state index is 0.607. The molecule has 3 aliphatic heterocycles. The van der Waals surface area contributed by atoms with Crippen LogP contribution in [0.1, 0.15) is 20.8 Å². The van der Waals surface area contributed by atoms with E-state index in [9.17, 15) is 0 Å². The van der Waals surface area contributed by atoms with Crippen LogP contribution in [0.15, 0.2) is 0 Å². The maximum Gasteiger partial charge on any atom is 0.212 e. The number of nitrogens with zero attached hydrogens (tertiary/aromatic N) is 1. The summed E-state index contributed by atoms with van der Waals surface area (Å²) in [5.74, 6) is 0. The van der Waals surface area contributed by atoms with Crippen LogP contribution in [0.3, 0.4) is 0 Å². The second-order valence-electron chi connectivity index (χ2n) is 5.06. The third-order valence-corrected chi connectivity index (χ3v) is 3.96. The first-order valence-electron chi connectivity index (χ1n) is 3.91. The monoisotopic (exact) mass is 124 g/mol. The molecule has 3 rings (SSSR count). The molecule has 9 heavy (non-hydrogen) atoms. The molecule has 3 heterocycles. The van der Waals surface area contributed by atoms with Crippen LogP contribution < -0.4 is 0 Å². The Morgan fingerprint density at radius 2 is 2.00 bits per heavy atom. The van der Waals surface area contributed by atoms with Crippen LogP contribution in [0.4, 0.5) is 0 Å². The Morgan fingerprint density at radius 3 is 2.00 bits per heavy atom. The molecule has 3 unspecified atom stereocenters. The Hall–Kier alpha value is -0.0400. The van der Waals surface area contributed by atoms with Gasteiger partial charge in [0.05, 0.1) is 0 Å². The van der Waals surface area contributed by atoms with Gasteiger partial charge in [-0.05, 0) is 0 Å². The van der Waals surface area contributed by atoms with Crippen molar-refractivity contribution in [1.29, 1.82) is 0 Å². The van der Waals surface area contributed by atoms with Gasteiger partial charge in [-0.1, -0.05) is 20.8 Å². The average Bonchev–Trinajstić information content (AvgIpc) is 2.40. The molecule has 50 valence electrons. The minimum absolute atomic E-state index is 0.607. The first kappa shape index (κ1) is 4.73. The Bertz CT molecular complexity index is 203. The van der Waals surface area contributed by atoms with Crippen LogP contribution in [0.5, 0.6) is 0 Å². The summed E-state index contributed by atoms with van der Waals surface area (Å²) in [5, 5.41) is 0. The lowest BCUT2D eigenvalue weighted by Gasteiger charge is -2.15. The zero-order valence-electron chi connectivity index (χ0n) is 6.44. The van der Waals surface area contributed by atoms with Gasteiger partial charge in [0.2, 0.25) is 11.6 Å². The number of fused-ring (bicyclic) bond motifs is 1. The van der Waals surface area contributed by atoms with Crippen molar-refractivity contribution >= 4 is 0 Å². The Labute approximate surface area is 56.2 Å². The highest BCUT2D eigenvalue weighted by atomic mass is 15.8. The normalized spacial score (nSPS) is 66.3. The number of hydrogen-bond donors (Lipinski definition) is 0. The molecule has 0 aromatic carbocycles. The lowest BCUT2D eigenvalue weighted by Crippen LogP contribution is -2.29. The minimum Gasteiger partial charge on any atom is -0.285 e. The fourth-order valence-corrected chi connectivity index (χ4v) is 3.10. The van der Waals surface area contributed by atoms with Crippen LogP contribution in [-0.4, -0.2) is 29.2 Å². The molecule has 0 aromatic rings. The first-order chi connectivity index (χ1) is 4.05. The smallest absolute Gasteiger partial charge is 0.212 e. The lowest BCUT2D eigenvalue weighted by molar-refractivity contribution is -0.598. The van der Waals surface area contributed by atoms with Gasteiger partial charge < -0.3 is 0 Å². The van der Waals surface area contributed by atoms with Crippen molar-refractivity contribution in [1.82, 2.24) is 0 Å². The highest BCUT2D eigenvalue weighted by molar-refractivity contribution is 5.32. The van der Waals surface area contributed by atoms with Gasteiger partial charge in [-0.2, -0.15) is 0 Å². The van der Waals surface area contributed by atoms with Crippen LogP contribution in [0.25, 0.3) is 0 Å². The topological polar surface area (TPSA) is 0 Å². The van der Waals surface area contributed by atoms with Gasteiger partial charge in [0.25, 0.3) is 0 Å². The molecule has 0 aromatic heterocycles. The van der Waals surface area contributed by atoms with E-state index in [2.05, 4.69) is 20.8 Å². The zero-order valence-corrected chi connectivity index (χ0v) is 6.44. The summed E-state index contributed by atoms with van der Waals surface area (Å²) in [7, 11) is 0. The predicted octanol–water partition coefficient (Wildman–Crippen LogP) is 0.998. The van der Waals surface area contributed by atoms with Crippen LogP contribution in [0.2, 0.25) is 0 Å². The molecule has 3 fully saturated rings. The third kappa shape index (κ3) is 0.231.